The molecule has 2 aromatic heterocycles. The van der Waals surface area contributed by atoms with E-state index in [1.54, 1.807) is 18.2 Å². The van der Waals surface area contributed by atoms with Gasteiger partial charge in [-0.15, -0.1) is 0 Å². The van der Waals surface area contributed by atoms with Crippen LogP contribution in [0.5, 0.6) is 0 Å². The maximum Gasteiger partial charge on any atom is 0.376 e. The van der Waals surface area contributed by atoms with Gasteiger partial charge in [0.15, 0.2) is 0 Å². The first-order valence-electron chi connectivity index (χ1n) is 10.7. The highest BCUT2D eigenvalue weighted by molar-refractivity contribution is 5.61. The molecule has 4 heterocycles. The molecule has 2 atom stereocenters. The fourth-order valence-corrected chi connectivity index (χ4v) is 4.71. The van der Waals surface area contributed by atoms with Gasteiger partial charge in [0.1, 0.15) is 5.65 Å². The molecule has 30 heavy (non-hydrogen) atoms. The Morgan fingerprint density at radius 3 is 2.57 bits per heavy atom. The van der Waals surface area contributed by atoms with Gasteiger partial charge in [-0.3, -0.25) is 24.2 Å². The lowest BCUT2D eigenvalue weighted by Crippen LogP contribution is -2.46. The van der Waals surface area contributed by atoms with E-state index >= 15 is 0 Å². The minimum atomic E-state index is -0.627. The Morgan fingerprint density at radius 2 is 1.90 bits per heavy atom. The Labute approximate surface area is 175 Å². The quantitative estimate of drug-likeness (QED) is 0.546. The van der Waals surface area contributed by atoms with Crippen molar-refractivity contribution in [1.29, 1.82) is 0 Å². The highest BCUT2D eigenvalue weighted by Gasteiger charge is 2.31. The summed E-state index contributed by atoms with van der Waals surface area (Å²) in [5.74, 6) is 0.779. The first kappa shape index (κ1) is 20.7. The summed E-state index contributed by atoms with van der Waals surface area (Å²) >= 11 is 0. The van der Waals surface area contributed by atoms with Gasteiger partial charge in [0.2, 0.25) is 5.82 Å². The topological polar surface area (TPSA) is 93.2 Å². The molecule has 0 bridgehead atoms. The highest BCUT2D eigenvalue weighted by Crippen LogP contribution is 2.29. The number of anilines is 1. The van der Waals surface area contributed by atoms with Crippen molar-refractivity contribution in [1.82, 2.24) is 14.3 Å². The number of rotatable bonds is 5. The van der Waals surface area contributed by atoms with E-state index in [-0.39, 0.29) is 18.0 Å². The van der Waals surface area contributed by atoms with Crippen LogP contribution in [0.2, 0.25) is 0 Å². The predicted molar refractivity (Wildman–Crippen MR) is 114 cm³/mol. The SMILES string of the molecule is CC1CN(CCC2CCN(c3nc4ccccn4c(=O)c3[N+](=O)[O-])CC2)CC(C)O1. The molecule has 2 aliphatic rings. The van der Waals surface area contributed by atoms with Crippen LogP contribution in [0.25, 0.3) is 5.65 Å². The summed E-state index contributed by atoms with van der Waals surface area (Å²) < 4.78 is 7.04. The summed E-state index contributed by atoms with van der Waals surface area (Å²) in [5, 5.41) is 11.6. The number of fused-ring (bicyclic) bond motifs is 1. The van der Waals surface area contributed by atoms with Crippen molar-refractivity contribution in [2.45, 2.75) is 45.3 Å². The summed E-state index contributed by atoms with van der Waals surface area (Å²) in [6, 6.07) is 5.14. The number of hydrogen-bond acceptors (Lipinski definition) is 7. The van der Waals surface area contributed by atoms with Crippen molar-refractivity contribution in [2.24, 2.45) is 5.92 Å². The zero-order valence-electron chi connectivity index (χ0n) is 17.6. The van der Waals surface area contributed by atoms with Gasteiger partial charge in [-0.05, 0) is 57.7 Å². The maximum atomic E-state index is 12.7. The fourth-order valence-electron chi connectivity index (χ4n) is 4.71. The second kappa shape index (κ2) is 8.69. The van der Waals surface area contributed by atoms with Gasteiger partial charge < -0.3 is 9.64 Å². The number of morpholine rings is 1. The smallest absolute Gasteiger partial charge is 0.373 e. The fraction of sp³-hybridized carbons (Fsp3) is 0.619. The number of nitro groups is 1. The highest BCUT2D eigenvalue weighted by atomic mass is 16.6. The molecule has 2 fully saturated rings. The van der Waals surface area contributed by atoms with Crippen molar-refractivity contribution in [3.05, 3.63) is 44.9 Å². The molecule has 0 aromatic carbocycles. The van der Waals surface area contributed by atoms with E-state index in [4.69, 9.17) is 4.74 Å². The average molecular weight is 415 g/mol. The van der Waals surface area contributed by atoms with Crippen LogP contribution in [0.4, 0.5) is 11.5 Å². The van der Waals surface area contributed by atoms with Gasteiger partial charge in [-0.25, -0.2) is 4.98 Å². The van der Waals surface area contributed by atoms with Gasteiger partial charge >= 0.3 is 11.2 Å². The molecule has 0 N–H and O–H groups in total. The standard InChI is InChI=1S/C21H29N5O4/c1-15-13-23(14-16(2)30-15)10-6-17-7-11-24(12-8-17)20-19(26(28)29)21(27)25-9-4-3-5-18(25)22-20/h3-5,9,15-17H,6-8,10-14H2,1-2H3. The van der Waals surface area contributed by atoms with Crippen molar-refractivity contribution < 1.29 is 9.66 Å². The number of pyridine rings is 1. The van der Waals surface area contributed by atoms with Crippen molar-refractivity contribution in [2.75, 3.05) is 37.6 Å². The van der Waals surface area contributed by atoms with Gasteiger partial charge in [0.05, 0.1) is 17.1 Å². The summed E-state index contributed by atoms with van der Waals surface area (Å²) in [4.78, 5) is 32.5. The van der Waals surface area contributed by atoms with Crippen LogP contribution < -0.4 is 10.5 Å². The third kappa shape index (κ3) is 4.32. The first-order valence-corrected chi connectivity index (χ1v) is 10.7. The molecule has 4 rings (SSSR count). The first-order chi connectivity index (χ1) is 14.4. The normalized spacial score (nSPS) is 23.7. The summed E-state index contributed by atoms with van der Waals surface area (Å²) in [7, 11) is 0. The Balaban J connectivity index is 1.43. The molecule has 9 nitrogen and oxygen atoms in total. The van der Waals surface area contributed by atoms with Crippen LogP contribution in [0.1, 0.15) is 33.1 Å². The zero-order chi connectivity index (χ0) is 21.3. The van der Waals surface area contributed by atoms with Crippen molar-refractivity contribution in [3.63, 3.8) is 0 Å². The number of nitrogens with zero attached hydrogens (tertiary/aromatic N) is 5. The van der Waals surface area contributed by atoms with Crippen molar-refractivity contribution in [3.8, 4) is 0 Å². The van der Waals surface area contributed by atoms with Crippen LogP contribution in [-0.4, -0.2) is 64.1 Å². The average Bonchev–Trinajstić information content (AvgIpc) is 2.71. The molecule has 0 aliphatic carbocycles. The lowest BCUT2D eigenvalue weighted by atomic mass is 9.93. The maximum absolute atomic E-state index is 12.7. The lowest BCUT2D eigenvalue weighted by Gasteiger charge is -2.37. The van der Waals surface area contributed by atoms with Crippen LogP contribution >= 0.6 is 0 Å². The zero-order valence-corrected chi connectivity index (χ0v) is 17.6. The number of hydrogen-bond donors (Lipinski definition) is 0. The van der Waals surface area contributed by atoms with E-state index in [1.165, 1.54) is 10.6 Å². The predicted octanol–water partition coefficient (Wildman–Crippen LogP) is 2.32. The minimum absolute atomic E-state index is 0.200. The molecule has 0 radical (unpaired) electrons. The summed E-state index contributed by atoms with van der Waals surface area (Å²) in [6.07, 6.45) is 5.07. The molecule has 162 valence electrons. The minimum Gasteiger partial charge on any atom is -0.373 e. The van der Waals surface area contributed by atoms with Crippen LogP contribution in [0, 0.1) is 16.0 Å². The monoisotopic (exact) mass is 415 g/mol. The summed E-state index contributed by atoms with van der Waals surface area (Å²) in [5.41, 5.74) is -0.632. The second-order valence-corrected chi connectivity index (χ2v) is 8.51. The molecule has 0 saturated carbocycles. The van der Waals surface area contributed by atoms with E-state index in [1.807, 2.05) is 4.90 Å². The van der Waals surface area contributed by atoms with E-state index in [9.17, 15) is 14.9 Å². The number of ether oxygens (including phenoxy) is 1. The van der Waals surface area contributed by atoms with Crippen molar-refractivity contribution >= 4 is 17.2 Å². The number of aromatic nitrogens is 2. The second-order valence-electron chi connectivity index (χ2n) is 8.51. The third-order valence-electron chi connectivity index (χ3n) is 6.14. The molecule has 2 saturated heterocycles. The summed E-state index contributed by atoms with van der Waals surface area (Å²) in [6.45, 7) is 8.59. The van der Waals surface area contributed by atoms with E-state index in [0.29, 0.717) is 24.7 Å². The molecule has 0 amide bonds. The molecule has 2 unspecified atom stereocenters. The molecule has 9 heteroatoms. The van der Waals surface area contributed by atoms with Gasteiger partial charge in [0.25, 0.3) is 0 Å². The van der Waals surface area contributed by atoms with Crippen LogP contribution in [0.15, 0.2) is 29.2 Å². The Morgan fingerprint density at radius 1 is 1.20 bits per heavy atom. The van der Waals surface area contributed by atoms with Crippen LogP contribution in [-0.2, 0) is 4.74 Å². The Hall–Kier alpha value is -2.52. The van der Waals surface area contributed by atoms with Crippen LogP contribution in [0.3, 0.4) is 0 Å². The molecule has 0 spiro atoms. The lowest BCUT2D eigenvalue weighted by molar-refractivity contribution is -0.385. The van der Waals surface area contributed by atoms with Gasteiger partial charge in [-0.2, -0.15) is 0 Å². The largest absolute Gasteiger partial charge is 0.376 e. The molecule has 2 aromatic rings. The Kier molecular flexibility index (Phi) is 6.01. The van der Waals surface area contributed by atoms with Gasteiger partial charge in [-0.1, -0.05) is 6.07 Å². The molecular formula is C21H29N5O4. The molecular weight excluding hydrogens is 386 g/mol. The van der Waals surface area contributed by atoms with E-state index in [0.717, 1.165) is 38.9 Å². The number of piperidine rings is 1. The third-order valence-corrected chi connectivity index (χ3v) is 6.14. The van der Waals surface area contributed by atoms with Gasteiger partial charge in [0, 0.05) is 32.4 Å². The molecule has 2 aliphatic heterocycles. The van der Waals surface area contributed by atoms with E-state index < -0.39 is 16.2 Å². The van der Waals surface area contributed by atoms with E-state index in [2.05, 4.69) is 23.7 Å². The Bertz CT molecular complexity index is 960.